The van der Waals surface area contributed by atoms with E-state index >= 15 is 0 Å². The van der Waals surface area contributed by atoms with Crippen molar-refractivity contribution in [3.05, 3.63) is 0 Å². The Morgan fingerprint density at radius 3 is 2.44 bits per heavy atom. The monoisotopic (exact) mass is 129 g/mol. The van der Waals surface area contributed by atoms with Crippen molar-refractivity contribution in [1.29, 1.82) is 0 Å². The second kappa shape index (κ2) is 2.67. The quantitative estimate of drug-likeness (QED) is 0.572. The van der Waals surface area contributed by atoms with Crippen LogP contribution in [0.1, 0.15) is 13.3 Å². The second-order valence-corrected chi connectivity index (χ2v) is 3.06. The number of hydrogen-bond donors (Lipinski definition) is 2. The van der Waals surface area contributed by atoms with Gasteiger partial charge < -0.3 is 10.8 Å². The highest BCUT2D eigenvalue weighted by atomic mass is 16.3. The zero-order valence-electron chi connectivity index (χ0n) is 5.88. The summed E-state index contributed by atoms with van der Waals surface area (Å²) in [6.07, 6.45) is 1.27. The van der Waals surface area contributed by atoms with Crippen LogP contribution in [0.25, 0.3) is 0 Å². The van der Waals surface area contributed by atoms with Crippen LogP contribution in [0.15, 0.2) is 0 Å². The van der Waals surface area contributed by atoms with Crippen LogP contribution in [0.2, 0.25) is 0 Å². The largest absolute Gasteiger partial charge is 0.396 e. The standard InChI is InChI=1S/C7H15NO/c1-5-2-7(5)6(3-8)4-9/h5-7,9H,2-4,8H2,1H3. The second-order valence-electron chi connectivity index (χ2n) is 3.06. The van der Waals surface area contributed by atoms with Crippen molar-refractivity contribution in [1.82, 2.24) is 0 Å². The molecular formula is C7H15NO. The molecule has 9 heavy (non-hydrogen) atoms. The smallest absolute Gasteiger partial charge is 0.0474 e. The molecule has 1 saturated carbocycles. The molecule has 0 radical (unpaired) electrons. The van der Waals surface area contributed by atoms with Gasteiger partial charge in [-0.15, -0.1) is 0 Å². The lowest BCUT2D eigenvalue weighted by atomic mass is 10.0. The summed E-state index contributed by atoms with van der Waals surface area (Å²) >= 11 is 0. The fourth-order valence-electron chi connectivity index (χ4n) is 1.39. The molecule has 54 valence electrons. The molecule has 0 aromatic heterocycles. The Balaban J connectivity index is 2.23. The van der Waals surface area contributed by atoms with Crippen LogP contribution < -0.4 is 5.73 Å². The first-order chi connectivity index (χ1) is 4.29. The number of nitrogens with two attached hydrogens (primary N) is 1. The maximum atomic E-state index is 8.77. The maximum absolute atomic E-state index is 8.77. The molecule has 2 nitrogen and oxygen atoms in total. The van der Waals surface area contributed by atoms with Gasteiger partial charge in [-0.1, -0.05) is 6.92 Å². The Hall–Kier alpha value is -0.0800. The normalized spacial score (nSPS) is 36.3. The molecule has 0 aliphatic heterocycles. The van der Waals surface area contributed by atoms with E-state index in [0.29, 0.717) is 12.5 Å². The summed E-state index contributed by atoms with van der Waals surface area (Å²) in [5.41, 5.74) is 5.43. The lowest BCUT2D eigenvalue weighted by molar-refractivity contribution is 0.210. The Labute approximate surface area is 56.1 Å². The molecule has 1 aliphatic rings. The highest BCUT2D eigenvalue weighted by molar-refractivity contribution is 4.88. The van der Waals surface area contributed by atoms with Gasteiger partial charge in [0.2, 0.25) is 0 Å². The summed E-state index contributed by atoms with van der Waals surface area (Å²) in [6.45, 7) is 3.12. The molecule has 3 atom stereocenters. The van der Waals surface area contributed by atoms with Crippen LogP contribution in [-0.2, 0) is 0 Å². The van der Waals surface area contributed by atoms with E-state index in [2.05, 4.69) is 6.92 Å². The number of aliphatic hydroxyl groups is 1. The minimum Gasteiger partial charge on any atom is -0.396 e. The van der Waals surface area contributed by atoms with E-state index in [1.165, 1.54) is 6.42 Å². The first-order valence-corrected chi connectivity index (χ1v) is 3.60. The van der Waals surface area contributed by atoms with Crippen LogP contribution in [0.4, 0.5) is 0 Å². The van der Waals surface area contributed by atoms with E-state index in [9.17, 15) is 0 Å². The molecule has 0 saturated heterocycles. The van der Waals surface area contributed by atoms with Gasteiger partial charge in [-0.2, -0.15) is 0 Å². The maximum Gasteiger partial charge on any atom is 0.0474 e. The molecule has 0 amide bonds. The number of hydrogen-bond acceptors (Lipinski definition) is 2. The van der Waals surface area contributed by atoms with Crippen molar-refractivity contribution in [3.8, 4) is 0 Å². The Bertz CT molecular complexity index is 90.9. The van der Waals surface area contributed by atoms with Gasteiger partial charge >= 0.3 is 0 Å². The molecule has 1 aliphatic carbocycles. The van der Waals surface area contributed by atoms with Crippen LogP contribution in [0.3, 0.4) is 0 Å². The number of aliphatic hydroxyl groups excluding tert-OH is 1. The molecule has 0 bridgehead atoms. The number of rotatable bonds is 3. The minimum absolute atomic E-state index is 0.269. The summed E-state index contributed by atoms with van der Waals surface area (Å²) in [4.78, 5) is 0. The minimum atomic E-state index is 0.269. The van der Waals surface area contributed by atoms with E-state index in [1.54, 1.807) is 0 Å². The lowest BCUT2D eigenvalue weighted by Gasteiger charge is -2.08. The predicted molar refractivity (Wildman–Crippen MR) is 36.9 cm³/mol. The van der Waals surface area contributed by atoms with Crippen LogP contribution in [0.5, 0.6) is 0 Å². The average Bonchev–Trinajstić information content (AvgIpc) is 2.51. The third-order valence-electron chi connectivity index (χ3n) is 2.31. The first kappa shape index (κ1) is 7.03. The molecule has 1 rings (SSSR count). The van der Waals surface area contributed by atoms with Gasteiger partial charge in [0.1, 0.15) is 0 Å². The van der Waals surface area contributed by atoms with E-state index in [1.807, 2.05) is 0 Å². The van der Waals surface area contributed by atoms with Gasteiger partial charge in [0, 0.05) is 6.61 Å². The average molecular weight is 129 g/mol. The van der Waals surface area contributed by atoms with Gasteiger partial charge in [-0.05, 0) is 30.7 Å². The zero-order chi connectivity index (χ0) is 6.85. The van der Waals surface area contributed by atoms with Crippen molar-refractivity contribution in [2.24, 2.45) is 23.5 Å². The van der Waals surface area contributed by atoms with E-state index < -0.39 is 0 Å². The highest BCUT2D eigenvalue weighted by Gasteiger charge is 2.37. The predicted octanol–water partition coefficient (Wildman–Crippen LogP) is 0.210. The third-order valence-corrected chi connectivity index (χ3v) is 2.31. The molecule has 0 aromatic carbocycles. The lowest BCUT2D eigenvalue weighted by Crippen LogP contribution is -2.20. The molecule has 3 N–H and O–H groups in total. The highest BCUT2D eigenvalue weighted by Crippen LogP contribution is 2.43. The Morgan fingerprint density at radius 2 is 2.33 bits per heavy atom. The van der Waals surface area contributed by atoms with Crippen molar-refractivity contribution < 1.29 is 5.11 Å². The van der Waals surface area contributed by atoms with Gasteiger partial charge in [-0.3, -0.25) is 0 Å². The van der Waals surface area contributed by atoms with E-state index in [4.69, 9.17) is 10.8 Å². The topological polar surface area (TPSA) is 46.2 Å². The summed E-state index contributed by atoms with van der Waals surface area (Å²) in [5, 5.41) is 8.77. The van der Waals surface area contributed by atoms with Crippen LogP contribution in [-0.4, -0.2) is 18.3 Å². The third kappa shape index (κ3) is 1.43. The van der Waals surface area contributed by atoms with Crippen LogP contribution in [0, 0.1) is 17.8 Å². The Kier molecular flexibility index (Phi) is 2.09. The van der Waals surface area contributed by atoms with E-state index in [0.717, 1.165) is 11.8 Å². The molecule has 3 unspecified atom stereocenters. The van der Waals surface area contributed by atoms with Gasteiger partial charge in [0.05, 0.1) is 0 Å². The van der Waals surface area contributed by atoms with Crippen molar-refractivity contribution in [3.63, 3.8) is 0 Å². The molecule has 0 spiro atoms. The van der Waals surface area contributed by atoms with Crippen molar-refractivity contribution in [2.45, 2.75) is 13.3 Å². The first-order valence-electron chi connectivity index (χ1n) is 3.60. The van der Waals surface area contributed by atoms with Crippen molar-refractivity contribution >= 4 is 0 Å². The molecular weight excluding hydrogens is 114 g/mol. The fraction of sp³-hybridized carbons (Fsp3) is 1.00. The molecule has 2 heteroatoms. The van der Waals surface area contributed by atoms with Crippen LogP contribution >= 0.6 is 0 Å². The zero-order valence-corrected chi connectivity index (χ0v) is 5.88. The fourth-order valence-corrected chi connectivity index (χ4v) is 1.39. The summed E-state index contributed by atoms with van der Waals surface area (Å²) in [7, 11) is 0. The molecule has 0 aromatic rings. The summed E-state index contributed by atoms with van der Waals surface area (Å²) in [6, 6.07) is 0. The van der Waals surface area contributed by atoms with Gasteiger partial charge in [0.25, 0.3) is 0 Å². The van der Waals surface area contributed by atoms with Gasteiger partial charge in [0.15, 0.2) is 0 Å². The Morgan fingerprint density at radius 1 is 1.78 bits per heavy atom. The van der Waals surface area contributed by atoms with E-state index in [-0.39, 0.29) is 6.61 Å². The van der Waals surface area contributed by atoms with Gasteiger partial charge in [-0.25, -0.2) is 0 Å². The SMILES string of the molecule is CC1CC1C(CN)CO. The summed E-state index contributed by atoms with van der Waals surface area (Å²) in [5.74, 6) is 1.91. The van der Waals surface area contributed by atoms with Crippen molar-refractivity contribution in [2.75, 3.05) is 13.2 Å². The molecule has 1 fully saturated rings. The molecule has 0 heterocycles. The summed E-state index contributed by atoms with van der Waals surface area (Å²) < 4.78 is 0.